The van der Waals surface area contributed by atoms with Crippen LogP contribution in [0.3, 0.4) is 0 Å². The number of benzene rings is 2. The molecule has 1 aliphatic heterocycles. The molecule has 0 unspecified atom stereocenters. The van der Waals surface area contributed by atoms with Crippen molar-refractivity contribution >= 4 is 17.2 Å². The van der Waals surface area contributed by atoms with Crippen LogP contribution in [0, 0.1) is 19.7 Å². The summed E-state index contributed by atoms with van der Waals surface area (Å²) in [6.07, 6.45) is 1.66. The molecule has 1 aliphatic rings. The van der Waals surface area contributed by atoms with Gasteiger partial charge in [0.15, 0.2) is 5.65 Å². The maximum absolute atomic E-state index is 14.1. The zero-order valence-electron chi connectivity index (χ0n) is 18.1. The summed E-state index contributed by atoms with van der Waals surface area (Å²) in [5.41, 5.74) is 5.53. The van der Waals surface area contributed by atoms with E-state index in [0.29, 0.717) is 37.4 Å². The molecular formula is C25H24FN5O. The van der Waals surface area contributed by atoms with Crippen LogP contribution in [-0.4, -0.2) is 51.6 Å². The predicted molar refractivity (Wildman–Crippen MR) is 122 cm³/mol. The summed E-state index contributed by atoms with van der Waals surface area (Å²) < 4.78 is 15.9. The van der Waals surface area contributed by atoms with Gasteiger partial charge in [-0.3, -0.25) is 4.79 Å². The highest BCUT2D eigenvalue weighted by atomic mass is 19.1. The minimum absolute atomic E-state index is 0.0699. The highest BCUT2D eigenvalue weighted by molar-refractivity contribution is 5.96. The van der Waals surface area contributed by atoms with E-state index in [1.807, 2.05) is 60.0 Å². The van der Waals surface area contributed by atoms with Gasteiger partial charge in [-0.2, -0.15) is 5.10 Å². The molecule has 32 heavy (non-hydrogen) atoms. The summed E-state index contributed by atoms with van der Waals surface area (Å²) in [6, 6.07) is 16.8. The van der Waals surface area contributed by atoms with E-state index in [1.165, 1.54) is 6.07 Å². The number of carbonyl (C=O) groups is 1. The Labute approximate surface area is 185 Å². The molecule has 0 spiro atoms. The molecule has 7 heteroatoms. The Kier molecular flexibility index (Phi) is 5.09. The topological polar surface area (TPSA) is 53.7 Å². The fourth-order valence-electron chi connectivity index (χ4n) is 4.38. The first-order chi connectivity index (χ1) is 15.5. The number of para-hydroxylation sites is 1. The monoisotopic (exact) mass is 429 g/mol. The minimum Gasteiger partial charge on any atom is -0.366 e. The second-order valence-corrected chi connectivity index (χ2v) is 8.05. The second-order valence-electron chi connectivity index (χ2n) is 8.05. The van der Waals surface area contributed by atoms with Crippen LogP contribution in [0.25, 0.3) is 16.8 Å². The predicted octanol–water partition coefficient (Wildman–Crippen LogP) is 4.11. The van der Waals surface area contributed by atoms with Crippen molar-refractivity contribution in [1.82, 2.24) is 19.5 Å². The molecule has 0 radical (unpaired) electrons. The Morgan fingerprint density at radius 1 is 0.938 bits per heavy atom. The maximum Gasteiger partial charge on any atom is 0.257 e. The third-order valence-corrected chi connectivity index (χ3v) is 6.11. The number of nitrogens with zero attached hydrogens (tertiary/aromatic N) is 5. The summed E-state index contributed by atoms with van der Waals surface area (Å²) in [7, 11) is 0. The maximum atomic E-state index is 14.1. The fraction of sp³-hybridized carbons (Fsp3) is 0.240. The van der Waals surface area contributed by atoms with Crippen molar-refractivity contribution in [2.24, 2.45) is 0 Å². The van der Waals surface area contributed by atoms with Crippen molar-refractivity contribution in [1.29, 1.82) is 0 Å². The molecule has 4 aromatic rings. The van der Waals surface area contributed by atoms with Crippen molar-refractivity contribution < 1.29 is 9.18 Å². The minimum atomic E-state index is -0.235. The highest BCUT2D eigenvalue weighted by Crippen LogP contribution is 2.28. The lowest BCUT2D eigenvalue weighted by Gasteiger charge is -2.36. The fourth-order valence-corrected chi connectivity index (χ4v) is 4.38. The Morgan fingerprint density at radius 3 is 2.34 bits per heavy atom. The Morgan fingerprint density at radius 2 is 1.62 bits per heavy atom. The van der Waals surface area contributed by atoms with Crippen molar-refractivity contribution in [2.45, 2.75) is 13.8 Å². The zero-order chi connectivity index (χ0) is 22.2. The molecule has 0 saturated carbocycles. The van der Waals surface area contributed by atoms with Gasteiger partial charge in [0.2, 0.25) is 0 Å². The third-order valence-electron chi connectivity index (χ3n) is 6.11. The van der Waals surface area contributed by atoms with Crippen LogP contribution in [0.1, 0.15) is 21.7 Å². The van der Waals surface area contributed by atoms with Crippen molar-refractivity contribution in [3.63, 3.8) is 0 Å². The molecule has 2 aromatic carbocycles. The lowest BCUT2D eigenvalue weighted by atomic mass is 10.1. The number of aryl methyl sites for hydroxylation is 2. The van der Waals surface area contributed by atoms with Gasteiger partial charge in [0.1, 0.15) is 5.82 Å². The van der Waals surface area contributed by atoms with E-state index < -0.39 is 0 Å². The number of hydrogen-bond acceptors (Lipinski definition) is 4. The molecule has 1 saturated heterocycles. The lowest BCUT2D eigenvalue weighted by molar-refractivity contribution is 0.0744. The molecule has 3 heterocycles. The van der Waals surface area contributed by atoms with E-state index in [2.05, 4.69) is 10.1 Å². The largest absolute Gasteiger partial charge is 0.366 e. The van der Waals surface area contributed by atoms with Gasteiger partial charge in [-0.25, -0.2) is 13.9 Å². The van der Waals surface area contributed by atoms with Crippen LogP contribution in [0.5, 0.6) is 0 Å². The standard InChI is InChI=1S/C25H24FN5O/c1-17-23(19-8-4-3-5-9-19)24-27-16-20(18(2)31(24)28-17)25(32)30-14-12-29(13-15-30)22-11-7-6-10-21(22)26/h3-11,16H,12-15H2,1-2H3. The first-order valence-corrected chi connectivity index (χ1v) is 10.7. The number of amides is 1. The molecule has 1 fully saturated rings. The van der Waals surface area contributed by atoms with Crippen molar-refractivity contribution in [3.05, 3.63) is 83.6 Å². The summed E-state index contributed by atoms with van der Waals surface area (Å²) in [6.45, 7) is 6.08. The molecule has 1 amide bonds. The Balaban J connectivity index is 1.40. The molecule has 0 bridgehead atoms. The average molecular weight is 429 g/mol. The van der Waals surface area contributed by atoms with E-state index in [0.717, 1.165) is 28.2 Å². The van der Waals surface area contributed by atoms with Gasteiger partial charge in [0, 0.05) is 37.9 Å². The number of carbonyl (C=O) groups excluding carboxylic acids is 1. The number of fused-ring (bicyclic) bond motifs is 1. The van der Waals surface area contributed by atoms with Gasteiger partial charge < -0.3 is 9.80 Å². The lowest BCUT2D eigenvalue weighted by Crippen LogP contribution is -2.49. The Bertz CT molecular complexity index is 1290. The van der Waals surface area contributed by atoms with Gasteiger partial charge >= 0.3 is 0 Å². The molecule has 162 valence electrons. The smallest absolute Gasteiger partial charge is 0.257 e. The van der Waals surface area contributed by atoms with Crippen LogP contribution in [-0.2, 0) is 0 Å². The van der Waals surface area contributed by atoms with Crippen LogP contribution in [0.15, 0.2) is 60.8 Å². The summed E-state index contributed by atoms with van der Waals surface area (Å²) in [5.74, 6) is -0.305. The highest BCUT2D eigenvalue weighted by Gasteiger charge is 2.26. The number of aromatic nitrogens is 3. The quantitative estimate of drug-likeness (QED) is 0.492. The van der Waals surface area contributed by atoms with E-state index in [-0.39, 0.29) is 11.7 Å². The van der Waals surface area contributed by atoms with Crippen molar-refractivity contribution in [3.8, 4) is 11.1 Å². The molecule has 5 rings (SSSR count). The van der Waals surface area contributed by atoms with Gasteiger partial charge in [-0.1, -0.05) is 42.5 Å². The molecule has 0 N–H and O–H groups in total. The number of hydrogen-bond donors (Lipinski definition) is 0. The first kappa shape index (κ1) is 20.2. The number of halogens is 1. The normalized spacial score (nSPS) is 14.2. The van der Waals surface area contributed by atoms with Crippen molar-refractivity contribution in [2.75, 3.05) is 31.1 Å². The van der Waals surface area contributed by atoms with E-state index in [4.69, 9.17) is 0 Å². The van der Waals surface area contributed by atoms with E-state index >= 15 is 0 Å². The molecule has 0 aliphatic carbocycles. The Hall–Kier alpha value is -3.74. The summed E-state index contributed by atoms with van der Waals surface area (Å²) in [4.78, 5) is 21.7. The number of piperazine rings is 1. The second kappa shape index (κ2) is 8.07. The average Bonchev–Trinajstić information content (AvgIpc) is 3.17. The summed E-state index contributed by atoms with van der Waals surface area (Å²) >= 11 is 0. The van der Waals surface area contributed by atoms with Crippen LogP contribution < -0.4 is 4.90 Å². The van der Waals surface area contributed by atoms with Gasteiger partial charge in [0.05, 0.1) is 22.6 Å². The number of anilines is 1. The van der Waals surface area contributed by atoms with Crippen LogP contribution in [0.4, 0.5) is 10.1 Å². The number of rotatable bonds is 3. The van der Waals surface area contributed by atoms with E-state index in [9.17, 15) is 9.18 Å². The third kappa shape index (κ3) is 3.39. The van der Waals surface area contributed by atoms with Gasteiger partial charge in [-0.05, 0) is 31.5 Å². The molecule has 2 aromatic heterocycles. The van der Waals surface area contributed by atoms with E-state index in [1.54, 1.807) is 22.8 Å². The van der Waals surface area contributed by atoms with Gasteiger partial charge in [0.25, 0.3) is 5.91 Å². The van der Waals surface area contributed by atoms with Gasteiger partial charge in [-0.15, -0.1) is 0 Å². The van der Waals surface area contributed by atoms with Crippen LogP contribution >= 0.6 is 0 Å². The van der Waals surface area contributed by atoms with Crippen LogP contribution in [0.2, 0.25) is 0 Å². The zero-order valence-corrected chi connectivity index (χ0v) is 18.1. The summed E-state index contributed by atoms with van der Waals surface area (Å²) in [5, 5.41) is 4.67. The molecular weight excluding hydrogens is 405 g/mol. The molecule has 0 atom stereocenters. The molecule has 6 nitrogen and oxygen atoms in total. The first-order valence-electron chi connectivity index (χ1n) is 10.7. The SMILES string of the molecule is Cc1nn2c(C)c(C(=O)N3CCN(c4ccccc4F)CC3)cnc2c1-c1ccccc1.